The molecule has 0 unspecified atom stereocenters. The molecule has 0 atom stereocenters. The van der Waals surface area contributed by atoms with E-state index in [9.17, 15) is 14.0 Å². The van der Waals surface area contributed by atoms with Crippen LogP contribution in [0.2, 0.25) is 5.02 Å². The normalized spacial score (nSPS) is 10.0. The summed E-state index contributed by atoms with van der Waals surface area (Å²) in [4.78, 5) is 23.7. The van der Waals surface area contributed by atoms with E-state index in [0.717, 1.165) is 6.07 Å². The van der Waals surface area contributed by atoms with Gasteiger partial charge < -0.3 is 9.47 Å². The van der Waals surface area contributed by atoms with E-state index in [1.165, 1.54) is 43.5 Å². The third-order valence-corrected chi connectivity index (χ3v) is 2.90. The van der Waals surface area contributed by atoms with E-state index < -0.39 is 17.8 Å². The van der Waals surface area contributed by atoms with Crippen molar-refractivity contribution >= 4 is 23.5 Å². The summed E-state index contributed by atoms with van der Waals surface area (Å²) >= 11 is 5.77. The van der Waals surface area contributed by atoms with Crippen LogP contribution in [-0.4, -0.2) is 19.0 Å². The average molecular weight is 309 g/mol. The van der Waals surface area contributed by atoms with Gasteiger partial charge in [0.05, 0.1) is 12.7 Å². The lowest BCUT2D eigenvalue weighted by molar-refractivity contribution is 0.0393. The lowest BCUT2D eigenvalue weighted by atomic mass is 10.2. The molecule has 0 saturated heterocycles. The molecule has 6 heteroatoms. The number of rotatable bonds is 3. The van der Waals surface area contributed by atoms with E-state index in [2.05, 4.69) is 4.74 Å². The first-order valence-electron chi connectivity index (χ1n) is 5.87. The monoisotopic (exact) mass is 308 g/mol. The topological polar surface area (TPSA) is 52.6 Å². The molecule has 2 rings (SSSR count). The van der Waals surface area contributed by atoms with Gasteiger partial charge in [0.2, 0.25) is 0 Å². The Labute approximate surface area is 125 Å². The molecular weight excluding hydrogens is 299 g/mol. The molecule has 0 aliphatic heterocycles. The molecule has 0 aliphatic rings. The smallest absolute Gasteiger partial charge is 0.349 e. The predicted octanol–water partition coefficient (Wildman–Crippen LogP) is 3.48. The minimum atomic E-state index is -1.07. The van der Waals surface area contributed by atoms with Gasteiger partial charge in [-0.05, 0) is 30.3 Å². The van der Waals surface area contributed by atoms with Crippen molar-refractivity contribution in [2.45, 2.75) is 0 Å². The lowest BCUT2D eigenvalue weighted by Crippen LogP contribution is -2.14. The molecule has 108 valence electrons. The molecule has 2 aromatic rings. The molecule has 0 N–H and O–H groups in total. The van der Waals surface area contributed by atoms with Crippen LogP contribution < -0.4 is 4.74 Å². The molecule has 2 aromatic carbocycles. The van der Waals surface area contributed by atoms with Gasteiger partial charge in [-0.15, -0.1) is 0 Å². The van der Waals surface area contributed by atoms with Gasteiger partial charge in [0.25, 0.3) is 0 Å². The Balaban J connectivity index is 2.23. The fourth-order valence-corrected chi connectivity index (χ4v) is 1.82. The number of benzene rings is 2. The van der Waals surface area contributed by atoms with Gasteiger partial charge in [0.15, 0.2) is 0 Å². The maximum Gasteiger partial charge on any atom is 0.349 e. The first kappa shape index (κ1) is 15.0. The van der Waals surface area contributed by atoms with Gasteiger partial charge in [0, 0.05) is 5.02 Å². The zero-order valence-corrected chi connectivity index (χ0v) is 11.7. The molecule has 0 aromatic heterocycles. The molecule has 4 nitrogen and oxygen atoms in total. The van der Waals surface area contributed by atoms with Gasteiger partial charge in [-0.3, -0.25) is 0 Å². The van der Waals surface area contributed by atoms with Gasteiger partial charge in [-0.1, -0.05) is 23.7 Å². The molecule has 0 amide bonds. The second-order valence-electron chi connectivity index (χ2n) is 4.00. The van der Waals surface area contributed by atoms with Crippen molar-refractivity contribution in [2.24, 2.45) is 0 Å². The highest BCUT2D eigenvalue weighted by molar-refractivity contribution is 6.30. The maximum absolute atomic E-state index is 13.4. The molecule has 0 aliphatic carbocycles. The summed E-state index contributed by atoms with van der Waals surface area (Å²) in [5.41, 5.74) is -0.301. The highest BCUT2D eigenvalue weighted by Gasteiger charge is 2.20. The average Bonchev–Trinajstić information content (AvgIpc) is 2.47. The fraction of sp³-hybridized carbons (Fsp3) is 0.0667. The third kappa shape index (κ3) is 3.38. The van der Waals surface area contributed by atoms with Crippen molar-refractivity contribution in [2.75, 3.05) is 7.11 Å². The Morgan fingerprint density at radius 3 is 2.38 bits per heavy atom. The SMILES string of the molecule is COc1cc(Cl)ccc1C(=O)OC(=O)c1ccccc1F. The number of hydrogen-bond donors (Lipinski definition) is 0. The summed E-state index contributed by atoms with van der Waals surface area (Å²) in [6.45, 7) is 0. The van der Waals surface area contributed by atoms with Crippen molar-refractivity contribution in [1.29, 1.82) is 0 Å². The van der Waals surface area contributed by atoms with E-state index in [-0.39, 0.29) is 16.9 Å². The molecule has 0 heterocycles. The van der Waals surface area contributed by atoms with Crippen molar-refractivity contribution in [3.8, 4) is 5.75 Å². The minimum absolute atomic E-state index is 0.0200. The number of halogens is 2. The van der Waals surface area contributed by atoms with Crippen LogP contribution >= 0.6 is 11.6 Å². The van der Waals surface area contributed by atoms with E-state index >= 15 is 0 Å². The quantitative estimate of drug-likeness (QED) is 0.643. The molecule has 0 saturated carbocycles. The highest BCUT2D eigenvalue weighted by atomic mass is 35.5. The Kier molecular flexibility index (Phi) is 4.55. The Morgan fingerprint density at radius 2 is 1.71 bits per heavy atom. The summed E-state index contributed by atoms with van der Waals surface area (Å²) in [5.74, 6) is -2.63. The standard InChI is InChI=1S/C15H10ClFO4/c1-20-13-8-9(16)6-7-11(13)15(19)21-14(18)10-4-2-3-5-12(10)17/h2-8H,1H3. The Bertz CT molecular complexity index is 700. The van der Waals surface area contributed by atoms with Crippen LogP contribution in [0.4, 0.5) is 4.39 Å². The van der Waals surface area contributed by atoms with E-state index in [1.54, 1.807) is 0 Å². The van der Waals surface area contributed by atoms with Gasteiger partial charge in [-0.25, -0.2) is 14.0 Å². The van der Waals surface area contributed by atoms with Crippen LogP contribution in [0.1, 0.15) is 20.7 Å². The second kappa shape index (κ2) is 6.37. The van der Waals surface area contributed by atoms with Crippen LogP contribution in [-0.2, 0) is 4.74 Å². The number of carbonyl (C=O) groups is 2. The lowest BCUT2D eigenvalue weighted by Gasteiger charge is -2.08. The minimum Gasteiger partial charge on any atom is -0.496 e. The maximum atomic E-state index is 13.4. The number of hydrogen-bond acceptors (Lipinski definition) is 4. The Hall–Kier alpha value is -2.40. The summed E-state index contributed by atoms with van der Waals surface area (Å²) in [7, 11) is 1.35. The molecule has 21 heavy (non-hydrogen) atoms. The van der Waals surface area contributed by atoms with Crippen LogP contribution in [0, 0.1) is 5.82 Å². The molecule has 0 spiro atoms. The number of ether oxygens (including phenoxy) is 2. The molecule has 0 bridgehead atoms. The van der Waals surface area contributed by atoms with Gasteiger partial charge in [-0.2, -0.15) is 0 Å². The van der Waals surface area contributed by atoms with Crippen LogP contribution in [0.5, 0.6) is 5.75 Å². The van der Waals surface area contributed by atoms with Crippen LogP contribution in [0.25, 0.3) is 0 Å². The van der Waals surface area contributed by atoms with Gasteiger partial charge >= 0.3 is 11.9 Å². The van der Waals surface area contributed by atoms with Crippen molar-refractivity contribution in [3.63, 3.8) is 0 Å². The van der Waals surface area contributed by atoms with E-state index in [0.29, 0.717) is 5.02 Å². The Morgan fingerprint density at radius 1 is 1.05 bits per heavy atom. The predicted molar refractivity (Wildman–Crippen MR) is 74.2 cm³/mol. The fourth-order valence-electron chi connectivity index (χ4n) is 1.65. The zero-order chi connectivity index (χ0) is 15.4. The molecular formula is C15H10ClFO4. The summed E-state index contributed by atoms with van der Waals surface area (Å²) in [6.07, 6.45) is 0. The highest BCUT2D eigenvalue weighted by Crippen LogP contribution is 2.24. The number of carbonyl (C=O) groups excluding carboxylic acids is 2. The summed E-state index contributed by atoms with van der Waals surface area (Å²) in [5, 5.41) is 0.365. The molecule has 0 radical (unpaired) electrons. The van der Waals surface area contributed by atoms with Crippen molar-refractivity contribution < 1.29 is 23.5 Å². The van der Waals surface area contributed by atoms with Crippen molar-refractivity contribution in [1.82, 2.24) is 0 Å². The molecule has 0 fully saturated rings. The zero-order valence-electron chi connectivity index (χ0n) is 10.9. The summed E-state index contributed by atoms with van der Waals surface area (Å²) < 4.78 is 23.1. The van der Waals surface area contributed by atoms with E-state index in [4.69, 9.17) is 16.3 Å². The largest absolute Gasteiger partial charge is 0.496 e. The van der Waals surface area contributed by atoms with E-state index in [1.807, 2.05) is 0 Å². The second-order valence-corrected chi connectivity index (χ2v) is 4.44. The first-order valence-corrected chi connectivity index (χ1v) is 6.25. The third-order valence-electron chi connectivity index (χ3n) is 2.66. The number of methoxy groups -OCH3 is 1. The van der Waals surface area contributed by atoms with Gasteiger partial charge in [0.1, 0.15) is 17.1 Å². The summed E-state index contributed by atoms with van der Waals surface area (Å²) in [6, 6.07) is 9.44. The van der Waals surface area contributed by atoms with Crippen LogP contribution in [0.3, 0.4) is 0 Å². The van der Waals surface area contributed by atoms with Crippen molar-refractivity contribution in [3.05, 3.63) is 64.4 Å². The number of esters is 2. The van der Waals surface area contributed by atoms with Crippen LogP contribution in [0.15, 0.2) is 42.5 Å². The first-order chi connectivity index (χ1) is 10.0.